The minimum Gasteiger partial charge on any atom is -0.487 e. The minimum atomic E-state index is -0.322. The molecule has 1 fully saturated rings. The van der Waals surface area contributed by atoms with Crippen LogP contribution in [0.15, 0.2) is 16.0 Å². The monoisotopic (exact) mass is 301 g/mol. The van der Waals surface area contributed by atoms with Crippen LogP contribution < -0.4 is 4.74 Å². The number of rotatable bonds is 2. The van der Waals surface area contributed by atoms with Crippen LogP contribution in [0, 0.1) is 5.82 Å². The molecule has 1 aromatic heterocycles. The lowest BCUT2D eigenvalue weighted by atomic mass is 9.96. The van der Waals surface area contributed by atoms with Gasteiger partial charge in [0.05, 0.1) is 16.3 Å². The van der Waals surface area contributed by atoms with Gasteiger partial charge in [0.2, 0.25) is 0 Å². The molecule has 2 aromatic rings. The second-order valence-corrected chi connectivity index (χ2v) is 6.19. The van der Waals surface area contributed by atoms with Gasteiger partial charge in [-0.3, -0.25) is 0 Å². The second-order valence-electron chi connectivity index (χ2n) is 3.89. The minimum absolute atomic E-state index is 0.198. The van der Waals surface area contributed by atoms with Gasteiger partial charge >= 0.3 is 0 Å². The average Bonchev–Trinajstić information content (AvgIpc) is 2.50. The maximum absolute atomic E-state index is 13.7. The van der Waals surface area contributed by atoms with Crippen LogP contribution >= 0.6 is 27.3 Å². The molecular formula is C11H9BrFNOS. The molecule has 1 aliphatic rings. The molecule has 1 aromatic carbocycles. The van der Waals surface area contributed by atoms with E-state index in [4.69, 9.17) is 4.74 Å². The molecule has 1 saturated carbocycles. The fraction of sp³-hybridized carbons (Fsp3) is 0.364. The number of hydrogen-bond donors (Lipinski definition) is 0. The van der Waals surface area contributed by atoms with E-state index in [-0.39, 0.29) is 11.9 Å². The summed E-state index contributed by atoms with van der Waals surface area (Å²) in [7, 11) is 0. The lowest BCUT2D eigenvalue weighted by molar-refractivity contribution is 0.115. The van der Waals surface area contributed by atoms with Gasteiger partial charge in [-0.2, -0.15) is 0 Å². The molecule has 3 rings (SSSR count). The molecular weight excluding hydrogens is 293 g/mol. The lowest BCUT2D eigenvalue weighted by Crippen LogP contribution is -2.24. The molecule has 0 amide bonds. The van der Waals surface area contributed by atoms with Crippen molar-refractivity contribution in [3.05, 3.63) is 21.9 Å². The van der Waals surface area contributed by atoms with Crippen LogP contribution in [-0.2, 0) is 0 Å². The number of benzene rings is 1. The van der Waals surface area contributed by atoms with Crippen LogP contribution in [0.3, 0.4) is 0 Å². The Morgan fingerprint density at radius 1 is 1.44 bits per heavy atom. The van der Waals surface area contributed by atoms with Crippen molar-refractivity contribution in [2.24, 2.45) is 0 Å². The molecule has 0 bridgehead atoms. The standard InChI is InChI=1S/C11H9BrFNOS/c12-11-14-8-4-7(13)9(5-10(8)16-11)15-6-2-1-3-6/h4-6H,1-3H2. The van der Waals surface area contributed by atoms with Crippen LogP contribution in [0.5, 0.6) is 5.75 Å². The zero-order chi connectivity index (χ0) is 11.1. The molecule has 84 valence electrons. The van der Waals surface area contributed by atoms with Gasteiger partial charge in [-0.25, -0.2) is 9.37 Å². The summed E-state index contributed by atoms with van der Waals surface area (Å²) in [4.78, 5) is 4.17. The number of hydrogen-bond acceptors (Lipinski definition) is 3. The van der Waals surface area contributed by atoms with Crippen LogP contribution in [-0.4, -0.2) is 11.1 Å². The molecule has 1 heterocycles. The van der Waals surface area contributed by atoms with Gasteiger partial charge in [0.15, 0.2) is 15.5 Å². The van der Waals surface area contributed by atoms with E-state index in [0.717, 1.165) is 21.5 Å². The molecule has 0 radical (unpaired) electrons. The van der Waals surface area contributed by atoms with Crippen molar-refractivity contribution in [3.63, 3.8) is 0 Å². The number of halogens is 2. The summed E-state index contributed by atoms with van der Waals surface area (Å²) in [6.07, 6.45) is 3.44. The third kappa shape index (κ3) is 1.82. The normalized spacial score (nSPS) is 16.4. The Hall–Kier alpha value is -0.680. The van der Waals surface area contributed by atoms with Gasteiger partial charge in [-0.05, 0) is 35.2 Å². The highest BCUT2D eigenvalue weighted by Crippen LogP contribution is 2.33. The lowest BCUT2D eigenvalue weighted by Gasteiger charge is -2.26. The van der Waals surface area contributed by atoms with E-state index in [1.54, 1.807) is 6.07 Å². The Labute approximate surface area is 105 Å². The van der Waals surface area contributed by atoms with E-state index in [1.165, 1.54) is 23.8 Å². The van der Waals surface area contributed by atoms with E-state index in [0.29, 0.717) is 11.3 Å². The number of nitrogens with zero attached hydrogens (tertiary/aromatic N) is 1. The van der Waals surface area contributed by atoms with E-state index in [1.807, 2.05) is 0 Å². The Morgan fingerprint density at radius 2 is 2.25 bits per heavy atom. The molecule has 16 heavy (non-hydrogen) atoms. The third-order valence-corrected chi connectivity index (χ3v) is 4.23. The van der Waals surface area contributed by atoms with Gasteiger partial charge in [-0.15, -0.1) is 11.3 Å². The van der Waals surface area contributed by atoms with E-state index >= 15 is 0 Å². The Balaban J connectivity index is 1.99. The van der Waals surface area contributed by atoms with Gasteiger partial charge in [0.25, 0.3) is 0 Å². The maximum atomic E-state index is 13.7. The van der Waals surface area contributed by atoms with Crippen LogP contribution in [0.25, 0.3) is 10.2 Å². The molecule has 0 atom stereocenters. The fourth-order valence-corrected chi connectivity index (χ4v) is 3.07. The second kappa shape index (κ2) is 3.96. The fourth-order valence-electron chi connectivity index (χ4n) is 1.66. The predicted molar refractivity (Wildman–Crippen MR) is 65.5 cm³/mol. The van der Waals surface area contributed by atoms with Crippen molar-refractivity contribution in [2.45, 2.75) is 25.4 Å². The number of aromatic nitrogens is 1. The number of thiazole rings is 1. The Bertz CT molecular complexity index is 538. The first-order valence-electron chi connectivity index (χ1n) is 5.14. The van der Waals surface area contributed by atoms with Crippen LogP contribution in [0.2, 0.25) is 0 Å². The highest BCUT2D eigenvalue weighted by molar-refractivity contribution is 9.11. The quantitative estimate of drug-likeness (QED) is 0.832. The number of fused-ring (bicyclic) bond motifs is 1. The van der Waals surface area contributed by atoms with Crippen molar-refractivity contribution < 1.29 is 9.13 Å². The highest BCUT2D eigenvalue weighted by Gasteiger charge is 2.21. The molecule has 0 spiro atoms. The molecule has 0 unspecified atom stereocenters. The van der Waals surface area contributed by atoms with Crippen molar-refractivity contribution in [2.75, 3.05) is 0 Å². The maximum Gasteiger partial charge on any atom is 0.167 e. The SMILES string of the molecule is Fc1cc2nc(Br)sc2cc1OC1CCC1. The molecule has 5 heteroatoms. The van der Waals surface area contributed by atoms with E-state index in [9.17, 15) is 4.39 Å². The molecule has 2 nitrogen and oxygen atoms in total. The first kappa shape index (κ1) is 10.5. The van der Waals surface area contributed by atoms with E-state index < -0.39 is 0 Å². The van der Waals surface area contributed by atoms with E-state index in [2.05, 4.69) is 20.9 Å². The van der Waals surface area contributed by atoms with Gasteiger partial charge in [0, 0.05) is 12.1 Å². The smallest absolute Gasteiger partial charge is 0.167 e. The average molecular weight is 302 g/mol. The van der Waals surface area contributed by atoms with Crippen molar-refractivity contribution in [3.8, 4) is 5.75 Å². The summed E-state index contributed by atoms with van der Waals surface area (Å²) in [6, 6.07) is 3.18. The van der Waals surface area contributed by atoms with Gasteiger partial charge in [-0.1, -0.05) is 0 Å². The molecule has 0 N–H and O–H groups in total. The van der Waals surface area contributed by atoms with Gasteiger partial charge < -0.3 is 4.74 Å². The summed E-state index contributed by atoms with van der Waals surface area (Å²) in [6.45, 7) is 0. The van der Waals surface area contributed by atoms with Gasteiger partial charge in [0.1, 0.15) is 0 Å². The van der Waals surface area contributed by atoms with Crippen LogP contribution in [0.1, 0.15) is 19.3 Å². The molecule has 0 saturated heterocycles. The summed E-state index contributed by atoms with van der Waals surface area (Å²) >= 11 is 4.78. The molecule has 0 aliphatic heterocycles. The number of ether oxygens (including phenoxy) is 1. The van der Waals surface area contributed by atoms with Crippen molar-refractivity contribution in [1.82, 2.24) is 4.98 Å². The Morgan fingerprint density at radius 3 is 2.94 bits per heavy atom. The summed E-state index contributed by atoms with van der Waals surface area (Å²) in [5.74, 6) is 0.0329. The van der Waals surface area contributed by atoms with Crippen LogP contribution in [0.4, 0.5) is 4.39 Å². The zero-order valence-electron chi connectivity index (χ0n) is 8.37. The predicted octanol–water partition coefficient (Wildman–Crippen LogP) is 4.13. The first-order valence-corrected chi connectivity index (χ1v) is 6.75. The van der Waals surface area contributed by atoms with Crippen molar-refractivity contribution in [1.29, 1.82) is 0 Å². The first-order chi connectivity index (χ1) is 7.72. The third-order valence-electron chi connectivity index (χ3n) is 2.76. The Kier molecular flexibility index (Phi) is 2.59. The van der Waals surface area contributed by atoms with Crippen molar-refractivity contribution >= 4 is 37.5 Å². The topological polar surface area (TPSA) is 22.1 Å². The summed E-state index contributed by atoms with van der Waals surface area (Å²) in [5, 5.41) is 0. The summed E-state index contributed by atoms with van der Waals surface area (Å²) < 4.78 is 21.0. The summed E-state index contributed by atoms with van der Waals surface area (Å²) in [5.41, 5.74) is 0.676. The zero-order valence-corrected chi connectivity index (χ0v) is 10.8. The highest BCUT2D eigenvalue weighted by atomic mass is 79.9. The molecule has 1 aliphatic carbocycles. The largest absolute Gasteiger partial charge is 0.487 e.